The molecule has 1 N–H and O–H groups in total. The van der Waals surface area contributed by atoms with Crippen molar-refractivity contribution in [3.8, 4) is 0 Å². The van der Waals surface area contributed by atoms with Gasteiger partial charge in [-0.05, 0) is 38.9 Å². The van der Waals surface area contributed by atoms with E-state index in [4.69, 9.17) is 4.42 Å². The Hall–Kier alpha value is -1.81. The van der Waals surface area contributed by atoms with Crippen molar-refractivity contribution in [3.05, 3.63) is 47.5 Å². The van der Waals surface area contributed by atoms with Crippen LogP contribution in [-0.2, 0) is 6.54 Å². The van der Waals surface area contributed by atoms with Gasteiger partial charge in [0.05, 0.1) is 6.26 Å². The first-order valence-electron chi connectivity index (χ1n) is 7.55. The molecule has 114 valence electrons. The highest BCUT2D eigenvalue weighted by Gasteiger charge is 2.15. The molecule has 0 saturated heterocycles. The van der Waals surface area contributed by atoms with E-state index in [0.29, 0.717) is 6.04 Å². The predicted octanol–water partition coefficient (Wildman–Crippen LogP) is 3.68. The van der Waals surface area contributed by atoms with Gasteiger partial charge >= 0.3 is 0 Å². The standard InChI is InChI=1S/C17H25N3O/c1-5-9-18-13(2)16-7-6-10-19-17(16)20(4)12-15-8-11-21-14(15)3/h6-8,10-11,13,18H,5,9,12H2,1-4H3. The van der Waals surface area contributed by atoms with E-state index >= 15 is 0 Å². The molecule has 2 aromatic rings. The van der Waals surface area contributed by atoms with Gasteiger partial charge in [0.2, 0.25) is 0 Å². The zero-order valence-corrected chi connectivity index (χ0v) is 13.4. The fourth-order valence-corrected chi connectivity index (χ4v) is 2.44. The van der Waals surface area contributed by atoms with Crippen molar-refractivity contribution in [2.24, 2.45) is 0 Å². The second-order valence-electron chi connectivity index (χ2n) is 5.45. The minimum absolute atomic E-state index is 0.293. The molecule has 0 radical (unpaired) electrons. The van der Waals surface area contributed by atoms with Crippen LogP contribution in [0.2, 0.25) is 0 Å². The molecule has 0 fully saturated rings. The number of nitrogens with one attached hydrogen (secondary N) is 1. The van der Waals surface area contributed by atoms with Gasteiger partial charge in [-0.25, -0.2) is 4.98 Å². The van der Waals surface area contributed by atoms with Gasteiger partial charge in [0.1, 0.15) is 11.6 Å². The Labute approximate surface area is 127 Å². The van der Waals surface area contributed by atoms with Crippen molar-refractivity contribution in [1.29, 1.82) is 0 Å². The third-order valence-corrected chi connectivity index (χ3v) is 3.72. The summed E-state index contributed by atoms with van der Waals surface area (Å²) >= 11 is 0. The van der Waals surface area contributed by atoms with E-state index in [1.165, 1.54) is 11.1 Å². The minimum Gasteiger partial charge on any atom is -0.469 e. The Morgan fingerprint density at radius 1 is 1.38 bits per heavy atom. The summed E-state index contributed by atoms with van der Waals surface area (Å²) < 4.78 is 5.37. The van der Waals surface area contributed by atoms with Crippen molar-refractivity contribution in [3.63, 3.8) is 0 Å². The van der Waals surface area contributed by atoms with Crippen LogP contribution in [0.3, 0.4) is 0 Å². The van der Waals surface area contributed by atoms with Gasteiger partial charge in [-0.3, -0.25) is 0 Å². The molecule has 2 aromatic heterocycles. The third-order valence-electron chi connectivity index (χ3n) is 3.72. The Morgan fingerprint density at radius 3 is 2.86 bits per heavy atom. The molecule has 0 spiro atoms. The van der Waals surface area contributed by atoms with Crippen LogP contribution in [0, 0.1) is 6.92 Å². The average molecular weight is 287 g/mol. The first-order chi connectivity index (χ1) is 10.1. The number of aromatic nitrogens is 1. The summed E-state index contributed by atoms with van der Waals surface area (Å²) in [4.78, 5) is 6.75. The number of furan rings is 1. The van der Waals surface area contributed by atoms with E-state index in [9.17, 15) is 0 Å². The lowest BCUT2D eigenvalue weighted by atomic mass is 10.1. The molecule has 1 atom stereocenters. The smallest absolute Gasteiger partial charge is 0.133 e. The molecule has 4 nitrogen and oxygen atoms in total. The molecular formula is C17H25N3O. The topological polar surface area (TPSA) is 41.3 Å². The summed E-state index contributed by atoms with van der Waals surface area (Å²) in [6, 6.07) is 6.46. The molecule has 0 aromatic carbocycles. The van der Waals surface area contributed by atoms with Crippen LogP contribution >= 0.6 is 0 Å². The number of rotatable bonds is 7. The van der Waals surface area contributed by atoms with Crippen molar-refractivity contribution in [2.45, 2.75) is 39.8 Å². The monoisotopic (exact) mass is 287 g/mol. The van der Waals surface area contributed by atoms with E-state index < -0.39 is 0 Å². The molecule has 0 amide bonds. The van der Waals surface area contributed by atoms with E-state index in [2.05, 4.69) is 42.2 Å². The number of aryl methyl sites for hydroxylation is 1. The van der Waals surface area contributed by atoms with E-state index in [-0.39, 0.29) is 0 Å². The fourth-order valence-electron chi connectivity index (χ4n) is 2.44. The van der Waals surface area contributed by atoms with E-state index in [1.54, 1.807) is 6.26 Å². The lowest BCUT2D eigenvalue weighted by molar-refractivity contribution is 0.529. The highest BCUT2D eigenvalue weighted by Crippen LogP contribution is 2.24. The fraction of sp³-hybridized carbons (Fsp3) is 0.471. The molecule has 2 rings (SSSR count). The maximum atomic E-state index is 5.37. The van der Waals surface area contributed by atoms with Crippen LogP contribution in [0.1, 0.15) is 43.2 Å². The maximum absolute atomic E-state index is 5.37. The second kappa shape index (κ2) is 7.27. The Kier molecular flexibility index (Phi) is 5.39. The molecule has 2 heterocycles. The normalized spacial score (nSPS) is 12.4. The van der Waals surface area contributed by atoms with Crippen molar-refractivity contribution >= 4 is 5.82 Å². The highest BCUT2D eigenvalue weighted by molar-refractivity contribution is 5.48. The molecule has 1 unspecified atom stereocenters. The van der Waals surface area contributed by atoms with Gasteiger partial charge < -0.3 is 14.6 Å². The molecule has 0 bridgehead atoms. The van der Waals surface area contributed by atoms with Gasteiger partial charge in [-0.2, -0.15) is 0 Å². The highest BCUT2D eigenvalue weighted by atomic mass is 16.3. The summed E-state index contributed by atoms with van der Waals surface area (Å²) in [7, 11) is 2.07. The summed E-state index contributed by atoms with van der Waals surface area (Å²) in [6.07, 6.45) is 4.72. The summed E-state index contributed by atoms with van der Waals surface area (Å²) in [5.41, 5.74) is 2.43. The Morgan fingerprint density at radius 2 is 2.19 bits per heavy atom. The average Bonchev–Trinajstić information content (AvgIpc) is 2.90. The summed E-state index contributed by atoms with van der Waals surface area (Å²) in [6.45, 7) is 8.17. The van der Waals surface area contributed by atoms with E-state index in [0.717, 1.165) is 31.1 Å². The number of anilines is 1. The van der Waals surface area contributed by atoms with Gasteiger partial charge in [0, 0.05) is 37.0 Å². The molecule has 21 heavy (non-hydrogen) atoms. The first-order valence-corrected chi connectivity index (χ1v) is 7.55. The zero-order chi connectivity index (χ0) is 15.2. The number of hydrogen-bond donors (Lipinski definition) is 1. The van der Waals surface area contributed by atoms with Crippen LogP contribution in [0.5, 0.6) is 0 Å². The second-order valence-corrected chi connectivity index (χ2v) is 5.45. The van der Waals surface area contributed by atoms with Crippen molar-refractivity contribution < 1.29 is 4.42 Å². The van der Waals surface area contributed by atoms with Crippen LogP contribution in [0.4, 0.5) is 5.82 Å². The van der Waals surface area contributed by atoms with Gasteiger partial charge in [-0.15, -0.1) is 0 Å². The van der Waals surface area contributed by atoms with Crippen LogP contribution in [0.15, 0.2) is 35.1 Å². The van der Waals surface area contributed by atoms with E-state index in [1.807, 2.05) is 25.3 Å². The molecule has 0 aliphatic heterocycles. The van der Waals surface area contributed by atoms with Gasteiger partial charge in [0.25, 0.3) is 0 Å². The Bertz CT molecular complexity index is 565. The van der Waals surface area contributed by atoms with Crippen LogP contribution < -0.4 is 10.2 Å². The summed E-state index contributed by atoms with van der Waals surface area (Å²) in [5, 5.41) is 3.53. The van der Waals surface area contributed by atoms with Crippen molar-refractivity contribution in [2.75, 3.05) is 18.5 Å². The van der Waals surface area contributed by atoms with Gasteiger partial charge in [0.15, 0.2) is 0 Å². The van der Waals surface area contributed by atoms with Crippen LogP contribution in [0.25, 0.3) is 0 Å². The molecular weight excluding hydrogens is 262 g/mol. The summed E-state index contributed by atoms with van der Waals surface area (Å²) in [5.74, 6) is 1.99. The van der Waals surface area contributed by atoms with Gasteiger partial charge in [-0.1, -0.05) is 13.0 Å². The Balaban J connectivity index is 2.17. The SMILES string of the molecule is CCCNC(C)c1cccnc1N(C)Cc1ccoc1C. The largest absolute Gasteiger partial charge is 0.469 e. The number of nitrogens with zero attached hydrogens (tertiary/aromatic N) is 2. The molecule has 0 aliphatic carbocycles. The molecule has 0 aliphatic rings. The lowest BCUT2D eigenvalue weighted by Gasteiger charge is -2.24. The minimum atomic E-state index is 0.293. The number of pyridine rings is 1. The predicted molar refractivity (Wildman–Crippen MR) is 86.5 cm³/mol. The first kappa shape index (κ1) is 15.6. The zero-order valence-electron chi connectivity index (χ0n) is 13.4. The third kappa shape index (κ3) is 3.85. The molecule has 0 saturated carbocycles. The van der Waals surface area contributed by atoms with Crippen molar-refractivity contribution in [1.82, 2.24) is 10.3 Å². The number of hydrogen-bond acceptors (Lipinski definition) is 4. The van der Waals surface area contributed by atoms with Crippen LogP contribution in [-0.4, -0.2) is 18.6 Å². The molecule has 4 heteroatoms. The maximum Gasteiger partial charge on any atom is 0.133 e. The lowest BCUT2D eigenvalue weighted by Crippen LogP contribution is -2.24. The quantitative estimate of drug-likeness (QED) is 0.843.